The highest BCUT2D eigenvalue weighted by Gasteiger charge is 2.05. The number of carboxylic acid groups (broad SMARTS) is 1. The molecule has 0 fully saturated rings. The summed E-state index contributed by atoms with van der Waals surface area (Å²) < 4.78 is 0. The van der Waals surface area contributed by atoms with Gasteiger partial charge in [0.2, 0.25) is 0 Å². The predicted octanol–water partition coefficient (Wildman–Crippen LogP) is 2.98. The van der Waals surface area contributed by atoms with Crippen molar-refractivity contribution in [3.05, 3.63) is 47.0 Å². The molecule has 0 radical (unpaired) electrons. The molecule has 0 amide bonds. The van der Waals surface area contributed by atoms with Gasteiger partial charge in [0.1, 0.15) is 0 Å². The first-order valence-corrected chi connectivity index (χ1v) is 5.81. The Morgan fingerprint density at radius 3 is 2.72 bits per heavy atom. The summed E-state index contributed by atoms with van der Waals surface area (Å²) in [6, 6.07) is 9.60. The maximum Gasteiger partial charge on any atom is 0.303 e. The first-order valence-electron chi connectivity index (χ1n) is 5.81. The zero-order valence-electron chi connectivity index (χ0n) is 10.1. The van der Waals surface area contributed by atoms with Gasteiger partial charge in [-0.1, -0.05) is 30.3 Å². The monoisotopic (exact) mass is 242 g/mol. The molecule has 18 heavy (non-hydrogen) atoms. The molecule has 92 valence electrons. The molecular formula is C15H14O3. The molecule has 0 aliphatic carbocycles. The van der Waals surface area contributed by atoms with Crippen LogP contribution in [0.5, 0.6) is 0 Å². The smallest absolute Gasteiger partial charge is 0.303 e. The lowest BCUT2D eigenvalue weighted by Crippen LogP contribution is -1.97. The van der Waals surface area contributed by atoms with Gasteiger partial charge in [0.25, 0.3) is 0 Å². The molecule has 0 atom stereocenters. The molecule has 0 aliphatic heterocycles. The molecule has 0 heterocycles. The van der Waals surface area contributed by atoms with Crippen molar-refractivity contribution in [2.24, 2.45) is 0 Å². The number of carbonyl (C=O) groups is 2. The van der Waals surface area contributed by atoms with E-state index in [9.17, 15) is 9.59 Å². The zero-order valence-corrected chi connectivity index (χ0v) is 10.1. The van der Waals surface area contributed by atoms with Crippen molar-refractivity contribution >= 4 is 23.0 Å². The molecule has 1 N–H and O–H groups in total. The van der Waals surface area contributed by atoms with Gasteiger partial charge in [0.05, 0.1) is 0 Å². The number of hydrogen-bond acceptors (Lipinski definition) is 2. The maximum atomic E-state index is 11.1. The summed E-state index contributed by atoms with van der Waals surface area (Å²) in [4.78, 5) is 21.6. The maximum absolute atomic E-state index is 11.1. The molecule has 3 heteroatoms. The Morgan fingerprint density at radius 2 is 2.06 bits per heavy atom. The van der Waals surface area contributed by atoms with Crippen LogP contribution < -0.4 is 0 Å². The Labute approximate surface area is 105 Å². The number of hydrogen-bond donors (Lipinski definition) is 1. The van der Waals surface area contributed by atoms with E-state index in [0.29, 0.717) is 12.0 Å². The number of carbonyl (C=O) groups excluding carboxylic acids is 1. The summed E-state index contributed by atoms with van der Waals surface area (Å²) in [6.07, 6.45) is 1.50. The SMILES string of the molecule is Cc1ccc2cc(CCC(=O)O)ccc2c1C=O. The molecule has 0 bridgehead atoms. The Bertz CT molecular complexity index is 614. The molecule has 0 unspecified atom stereocenters. The number of aliphatic carboxylic acids is 1. The van der Waals surface area contributed by atoms with Crippen molar-refractivity contribution in [3.8, 4) is 0 Å². The lowest BCUT2D eigenvalue weighted by molar-refractivity contribution is -0.136. The van der Waals surface area contributed by atoms with Gasteiger partial charge in [0, 0.05) is 12.0 Å². The van der Waals surface area contributed by atoms with Crippen LogP contribution in [0.15, 0.2) is 30.3 Å². The van der Waals surface area contributed by atoms with Crippen molar-refractivity contribution < 1.29 is 14.7 Å². The number of carboxylic acids is 1. The van der Waals surface area contributed by atoms with E-state index in [0.717, 1.165) is 28.2 Å². The average molecular weight is 242 g/mol. The van der Waals surface area contributed by atoms with E-state index in [2.05, 4.69) is 0 Å². The number of aryl methyl sites for hydroxylation is 2. The number of rotatable bonds is 4. The Kier molecular flexibility index (Phi) is 3.42. The van der Waals surface area contributed by atoms with Crippen LogP contribution in [0, 0.1) is 6.92 Å². The highest BCUT2D eigenvalue weighted by atomic mass is 16.4. The van der Waals surface area contributed by atoms with E-state index in [1.807, 2.05) is 37.3 Å². The summed E-state index contributed by atoms with van der Waals surface area (Å²) in [5.74, 6) is -0.799. The average Bonchev–Trinajstić information content (AvgIpc) is 2.36. The molecule has 3 nitrogen and oxygen atoms in total. The summed E-state index contributed by atoms with van der Waals surface area (Å²) in [7, 11) is 0. The van der Waals surface area contributed by atoms with Crippen molar-refractivity contribution in [1.82, 2.24) is 0 Å². The minimum absolute atomic E-state index is 0.123. The number of fused-ring (bicyclic) bond motifs is 1. The molecular weight excluding hydrogens is 228 g/mol. The van der Waals surface area contributed by atoms with Gasteiger partial charge in [-0.15, -0.1) is 0 Å². The highest BCUT2D eigenvalue weighted by Crippen LogP contribution is 2.22. The topological polar surface area (TPSA) is 54.4 Å². The first-order chi connectivity index (χ1) is 8.61. The van der Waals surface area contributed by atoms with Crippen molar-refractivity contribution in [1.29, 1.82) is 0 Å². The van der Waals surface area contributed by atoms with E-state index in [1.165, 1.54) is 0 Å². The molecule has 0 saturated heterocycles. The van der Waals surface area contributed by atoms with E-state index < -0.39 is 5.97 Å². The van der Waals surface area contributed by atoms with Crippen molar-refractivity contribution in [2.45, 2.75) is 19.8 Å². The Hall–Kier alpha value is -2.16. The van der Waals surface area contributed by atoms with Gasteiger partial charge in [0.15, 0.2) is 6.29 Å². The van der Waals surface area contributed by atoms with Gasteiger partial charge in [-0.25, -0.2) is 0 Å². The number of aldehydes is 1. The second-order valence-electron chi connectivity index (χ2n) is 4.36. The van der Waals surface area contributed by atoms with Gasteiger partial charge in [-0.2, -0.15) is 0 Å². The van der Waals surface area contributed by atoms with Gasteiger partial charge in [-0.05, 0) is 35.2 Å². The second kappa shape index (κ2) is 5.00. The number of benzene rings is 2. The third-order valence-electron chi connectivity index (χ3n) is 3.09. The second-order valence-corrected chi connectivity index (χ2v) is 4.36. The molecule has 0 spiro atoms. The molecule has 2 aromatic rings. The van der Waals surface area contributed by atoms with Crippen LogP contribution in [0.3, 0.4) is 0 Å². The van der Waals surface area contributed by atoms with E-state index >= 15 is 0 Å². The fraction of sp³-hybridized carbons (Fsp3) is 0.200. The van der Waals surface area contributed by atoms with Crippen LogP contribution in [0.2, 0.25) is 0 Å². The van der Waals surface area contributed by atoms with Crippen LogP contribution in [-0.2, 0) is 11.2 Å². The summed E-state index contributed by atoms with van der Waals surface area (Å²) in [5.41, 5.74) is 2.64. The summed E-state index contributed by atoms with van der Waals surface area (Å²) in [5, 5.41) is 10.6. The van der Waals surface area contributed by atoms with E-state index in [-0.39, 0.29) is 6.42 Å². The molecule has 2 aromatic carbocycles. The summed E-state index contributed by atoms with van der Waals surface area (Å²) in [6.45, 7) is 1.90. The lowest BCUT2D eigenvalue weighted by atomic mass is 9.98. The lowest BCUT2D eigenvalue weighted by Gasteiger charge is -2.06. The normalized spacial score (nSPS) is 10.5. The third kappa shape index (κ3) is 2.40. The summed E-state index contributed by atoms with van der Waals surface area (Å²) >= 11 is 0. The molecule has 0 aromatic heterocycles. The predicted molar refractivity (Wildman–Crippen MR) is 70.0 cm³/mol. The van der Waals surface area contributed by atoms with Gasteiger partial charge in [-0.3, -0.25) is 9.59 Å². The fourth-order valence-corrected chi connectivity index (χ4v) is 2.08. The Balaban J connectivity index is 2.44. The van der Waals surface area contributed by atoms with Crippen LogP contribution in [0.25, 0.3) is 10.8 Å². The van der Waals surface area contributed by atoms with Crippen molar-refractivity contribution in [3.63, 3.8) is 0 Å². The van der Waals surface area contributed by atoms with Crippen LogP contribution >= 0.6 is 0 Å². The van der Waals surface area contributed by atoms with Crippen LogP contribution in [-0.4, -0.2) is 17.4 Å². The third-order valence-corrected chi connectivity index (χ3v) is 3.09. The standard InChI is InChI=1S/C15H14O3/c1-10-2-5-12-8-11(4-7-15(17)18)3-6-13(12)14(10)9-16/h2-3,5-6,8-9H,4,7H2,1H3,(H,17,18). The van der Waals surface area contributed by atoms with Gasteiger partial charge < -0.3 is 5.11 Å². The quantitative estimate of drug-likeness (QED) is 0.838. The minimum Gasteiger partial charge on any atom is -0.481 e. The molecule has 0 aliphatic rings. The van der Waals surface area contributed by atoms with Crippen molar-refractivity contribution in [2.75, 3.05) is 0 Å². The fourth-order valence-electron chi connectivity index (χ4n) is 2.08. The highest BCUT2D eigenvalue weighted by molar-refractivity contribution is 5.99. The molecule has 0 saturated carbocycles. The van der Waals surface area contributed by atoms with Gasteiger partial charge >= 0.3 is 5.97 Å². The van der Waals surface area contributed by atoms with Crippen LogP contribution in [0.1, 0.15) is 27.9 Å². The zero-order chi connectivity index (χ0) is 13.1. The van der Waals surface area contributed by atoms with E-state index in [1.54, 1.807) is 0 Å². The van der Waals surface area contributed by atoms with E-state index in [4.69, 9.17) is 5.11 Å². The largest absolute Gasteiger partial charge is 0.481 e. The van der Waals surface area contributed by atoms with Crippen LogP contribution in [0.4, 0.5) is 0 Å². The first kappa shape index (κ1) is 12.3. The Morgan fingerprint density at radius 1 is 1.28 bits per heavy atom. The minimum atomic E-state index is -0.799. The molecule has 2 rings (SSSR count).